The van der Waals surface area contributed by atoms with Crippen LogP contribution in [0.3, 0.4) is 0 Å². The Morgan fingerprint density at radius 1 is 1.12 bits per heavy atom. The number of hydrazine groups is 1. The molecule has 2 saturated heterocycles. The van der Waals surface area contributed by atoms with Crippen molar-refractivity contribution in [1.82, 2.24) is 25.8 Å². The van der Waals surface area contributed by atoms with Gasteiger partial charge in [0, 0.05) is 18.2 Å². The molecule has 3 atom stereocenters. The lowest BCUT2D eigenvalue weighted by Crippen LogP contribution is -2.61. The quantitative estimate of drug-likeness (QED) is 0.469. The Morgan fingerprint density at radius 2 is 1.94 bits per heavy atom. The molecule has 2 aliphatic rings. The van der Waals surface area contributed by atoms with E-state index in [0.29, 0.717) is 12.2 Å². The van der Waals surface area contributed by atoms with Crippen LogP contribution in [0.1, 0.15) is 27.9 Å². The van der Waals surface area contributed by atoms with Crippen molar-refractivity contribution in [3.05, 3.63) is 77.0 Å². The highest BCUT2D eigenvalue weighted by atomic mass is 19.2. The van der Waals surface area contributed by atoms with E-state index < -0.39 is 23.8 Å². The highest BCUT2D eigenvalue weighted by Gasteiger charge is 2.45. The van der Waals surface area contributed by atoms with Gasteiger partial charge in [-0.1, -0.05) is 12.1 Å². The van der Waals surface area contributed by atoms with Crippen LogP contribution >= 0.6 is 0 Å². The average Bonchev–Trinajstić information content (AvgIpc) is 3.39. The summed E-state index contributed by atoms with van der Waals surface area (Å²) in [6.07, 6.45) is -1.12. The number of halogens is 2. The number of benzene rings is 2. The largest absolute Gasteiger partial charge is 0.321 e. The van der Waals surface area contributed by atoms with Gasteiger partial charge in [-0.2, -0.15) is 5.10 Å². The SMILES string of the molecule is Cc1cccc(N2NCC3C(=O)NC(n4nc(C)cc4NC(=O)c4ccc(F)c(F)c4)NC32)c1. The minimum absolute atomic E-state index is 0.0457. The van der Waals surface area contributed by atoms with Crippen LogP contribution in [0, 0.1) is 31.4 Å². The molecule has 2 fully saturated rings. The molecule has 9 nitrogen and oxygen atoms in total. The smallest absolute Gasteiger partial charge is 0.256 e. The van der Waals surface area contributed by atoms with Gasteiger partial charge in [0.05, 0.1) is 17.3 Å². The monoisotopic (exact) mass is 467 g/mol. The average molecular weight is 467 g/mol. The van der Waals surface area contributed by atoms with E-state index in [-0.39, 0.29) is 29.4 Å². The molecule has 0 saturated carbocycles. The van der Waals surface area contributed by atoms with Gasteiger partial charge in [0.1, 0.15) is 12.0 Å². The Hall–Kier alpha value is -3.83. The Kier molecular flexibility index (Phi) is 5.50. The Morgan fingerprint density at radius 3 is 2.71 bits per heavy atom. The summed E-state index contributed by atoms with van der Waals surface area (Å²) < 4.78 is 28.3. The van der Waals surface area contributed by atoms with Gasteiger partial charge in [0.15, 0.2) is 17.9 Å². The van der Waals surface area contributed by atoms with E-state index in [0.717, 1.165) is 23.4 Å². The predicted octanol–water partition coefficient (Wildman–Crippen LogP) is 2.17. The van der Waals surface area contributed by atoms with Crippen LogP contribution in [-0.4, -0.2) is 34.3 Å². The van der Waals surface area contributed by atoms with Crippen molar-refractivity contribution in [2.75, 3.05) is 16.9 Å². The van der Waals surface area contributed by atoms with E-state index in [4.69, 9.17) is 0 Å². The van der Waals surface area contributed by atoms with Crippen molar-refractivity contribution in [2.45, 2.75) is 26.3 Å². The lowest BCUT2D eigenvalue weighted by Gasteiger charge is -2.37. The third kappa shape index (κ3) is 3.99. The summed E-state index contributed by atoms with van der Waals surface area (Å²) in [7, 11) is 0. The number of amides is 2. The molecule has 2 aliphatic heterocycles. The molecule has 2 amide bonds. The van der Waals surface area contributed by atoms with Gasteiger partial charge in [0.2, 0.25) is 5.91 Å². The zero-order chi connectivity index (χ0) is 24.0. The van der Waals surface area contributed by atoms with Crippen molar-refractivity contribution in [3.8, 4) is 0 Å². The van der Waals surface area contributed by atoms with Crippen molar-refractivity contribution in [3.63, 3.8) is 0 Å². The van der Waals surface area contributed by atoms with Gasteiger partial charge in [-0.25, -0.2) is 18.9 Å². The number of carbonyl (C=O) groups excluding carboxylic acids is 2. The van der Waals surface area contributed by atoms with Crippen LogP contribution in [0.2, 0.25) is 0 Å². The standard InChI is InChI=1S/C23H23F2N7O2/c1-12-4-3-5-15(8-12)31-20-16(11-26-31)22(34)29-23(28-20)32-19(9-13(2)30-32)27-21(33)14-6-7-17(24)18(25)10-14/h3-10,16,20,23,26,28H,11H2,1-2H3,(H,27,33)(H,29,34). The summed E-state index contributed by atoms with van der Waals surface area (Å²) in [5, 5.41) is 15.3. The fourth-order valence-corrected chi connectivity index (χ4v) is 4.25. The van der Waals surface area contributed by atoms with Gasteiger partial charge >= 0.3 is 0 Å². The Balaban J connectivity index is 1.40. The highest BCUT2D eigenvalue weighted by Crippen LogP contribution is 2.28. The molecular formula is C23H23F2N7O2. The number of nitrogens with zero attached hydrogens (tertiary/aromatic N) is 3. The molecule has 3 aromatic rings. The second kappa shape index (κ2) is 8.50. The highest BCUT2D eigenvalue weighted by molar-refractivity contribution is 6.03. The number of nitrogens with one attached hydrogen (secondary N) is 4. The number of hydrogen-bond donors (Lipinski definition) is 4. The molecule has 3 unspecified atom stereocenters. The second-order valence-electron chi connectivity index (χ2n) is 8.40. The topological polar surface area (TPSA) is 103 Å². The summed E-state index contributed by atoms with van der Waals surface area (Å²) in [6, 6.07) is 12.5. The maximum absolute atomic E-state index is 13.6. The van der Waals surface area contributed by atoms with E-state index in [9.17, 15) is 18.4 Å². The zero-order valence-corrected chi connectivity index (χ0v) is 18.5. The Labute approximate surface area is 194 Å². The lowest BCUT2D eigenvalue weighted by atomic mass is 10.0. The molecule has 0 radical (unpaired) electrons. The summed E-state index contributed by atoms with van der Waals surface area (Å²) in [6.45, 7) is 4.20. The second-order valence-corrected chi connectivity index (χ2v) is 8.40. The molecule has 176 valence electrons. The first-order valence-electron chi connectivity index (χ1n) is 10.8. The Bertz CT molecular complexity index is 1280. The molecule has 5 rings (SSSR count). The minimum atomic E-state index is -1.12. The van der Waals surface area contributed by atoms with Crippen LogP contribution in [0.5, 0.6) is 0 Å². The first kappa shape index (κ1) is 22.0. The number of aromatic nitrogens is 2. The van der Waals surface area contributed by atoms with Crippen molar-refractivity contribution < 1.29 is 18.4 Å². The number of rotatable bonds is 4. The van der Waals surface area contributed by atoms with Gasteiger partial charge in [0.25, 0.3) is 5.91 Å². The molecule has 11 heteroatoms. The van der Waals surface area contributed by atoms with E-state index in [1.165, 1.54) is 10.7 Å². The van der Waals surface area contributed by atoms with E-state index in [1.54, 1.807) is 13.0 Å². The van der Waals surface area contributed by atoms with Crippen molar-refractivity contribution in [1.29, 1.82) is 0 Å². The lowest BCUT2D eigenvalue weighted by molar-refractivity contribution is -0.129. The van der Waals surface area contributed by atoms with E-state index in [2.05, 4.69) is 26.5 Å². The van der Waals surface area contributed by atoms with Gasteiger partial charge in [-0.05, 0) is 49.7 Å². The fourth-order valence-electron chi connectivity index (χ4n) is 4.25. The molecule has 1 aromatic heterocycles. The first-order valence-corrected chi connectivity index (χ1v) is 10.8. The normalized spacial score (nSPS) is 21.8. The molecule has 4 N–H and O–H groups in total. The molecular weight excluding hydrogens is 444 g/mol. The molecule has 0 bridgehead atoms. The van der Waals surface area contributed by atoms with Gasteiger partial charge < -0.3 is 10.6 Å². The number of anilines is 2. The third-order valence-corrected chi connectivity index (χ3v) is 5.89. The number of hydrogen-bond acceptors (Lipinski definition) is 6. The van der Waals surface area contributed by atoms with E-state index >= 15 is 0 Å². The van der Waals surface area contributed by atoms with E-state index in [1.807, 2.05) is 36.2 Å². The van der Waals surface area contributed by atoms with Crippen molar-refractivity contribution >= 4 is 23.3 Å². The summed E-state index contributed by atoms with van der Waals surface area (Å²) in [5.74, 6) is -3.00. The fraction of sp³-hybridized carbons (Fsp3) is 0.261. The molecule has 2 aromatic carbocycles. The van der Waals surface area contributed by atoms with Crippen LogP contribution in [0.25, 0.3) is 0 Å². The number of aryl methyl sites for hydroxylation is 2. The van der Waals surface area contributed by atoms with Crippen molar-refractivity contribution in [2.24, 2.45) is 5.92 Å². The minimum Gasteiger partial charge on any atom is -0.321 e. The van der Waals surface area contributed by atoms with Crippen LogP contribution in [0.4, 0.5) is 20.3 Å². The van der Waals surface area contributed by atoms with Gasteiger partial charge in [-0.15, -0.1) is 0 Å². The maximum Gasteiger partial charge on any atom is 0.256 e. The zero-order valence-electron chi connectivity index (χ0n) is 18.5. The number of carbonyl (C=O) groups is 2. The van der Waals surface area contributed by atoms with Gasteiger partial charge in [-0.3, -0.25) is 19.9 Å². The van der Waals surface area contributed by atoms with Crippen LogP contribution in [0.15, 0.2) is 48.5 Å². The molecule has 0 spiro atoms. The summed E-state index contributed by atoms with van der Waals surface area (Å²) in [4.78, 5) is 25.6. The van der Waals surface area contributed by atoms with Crippen LogP contribution < -0.4 is 26.4 Å². The predicted molar refractivity (Wildman–Crippen MR) is 121 cm³/mol. The third-order valence-electron chi connectivity index (χ3n) is 5.89. The summed E-state index contributed by atoms with van der Waals surface area (Å²) >= 11 is 0. The van der Waals surface area contributed by atoms with Crippen LogP contribution in [-0.2, 0) is 4.79 Å². The first-order chi connectivity index (χ1) is 16.3. The molecule has 3 heterocycles. The number of fused-ring (bicyclic) bond motifs is 1. The summed E-state index contributed by atoms with van der Waals surface area (Å²) in [5.41, 5.74) is 5.82. The molecule has 34 heavy (non-hydrogen) atoms. The maximum atomic E-state index is 13.6. The molecule has 0 aliphatic carbocycles.